The fourth-order valence-corrected chi connectivity index (χ4v) is 5.88. The SMILES string of the molecule is O=C(CSc1nnc(N2CCOCC2)n1-c1ccccc1)N1CCCC1c1cccs1. The van der Waals surface area contributed by atoms with Gasteiger partial charge in [-0.1, -0.05) is 36.0 Å². The summed E-state index contributed by atoms with van der Waals surface area (Å²) in [6.07, 6.45) is 2.10. The number of carbonyl (C=O) groups excluding carboxylic acids is 1. The molecule has 1 amide bonds. The van der Waals surface area contributed by atoms with E-state index in [0.717, 1.165) is 49.3 Å². The Hall–Kier alpha value is -2.36. The van der Waals surface area contributed by atoms with Gasteiger partial charge in [0, 0.05) is 24.5 Å². The quantitative estimate of drug-likeness (QED) is 0.529. The molecule has 162 valence electrons. The number of nitrogens with zero attached hydrogens (tertiary/aromatic N) is 5. The molecule has 0 saturated carbocycles. The van der Waals surface area contributed by atoms with Crippen molar-refractivity contribution in [2.24, 2.45) is 0 Å². The van der Waals surface area contributed by atoms with Crippen LogP contribution in [0.25, 0.3) is 5.69 Å². The Morgan fingerprint density at radius 3 is 2.71 bits per heavy atom. The number of amides is 1. The Bertz CT molecular complexity index is 1000. The van der Waals surface area contributed by atoms with Gasteiger partial charge in [-0.05, 0) is 36.4 Å². The summed E-state index contributed by atoms with van der Waals surface area (Å²) in [6, 6.07) is 14.5. The van der Waals surface area contributed by atoms with Crippen molar-refractivity contribution in [1.82, 2.24) is 19.7 Å². The molecule has 2 aliphatic rings. The minimum absolute atomic E-state index is 0.163. The number of carbonyl (C=O) groups is 1. The van der Waals surface area contributed by atoms with Gasteiger partial charge >= 0.3 is 0 Å². The van der Waals surface area contributed by atoms with Crippen molar-refractivity contribution in [2.75, 3.05) is 43.5 Å². The summed E-state index contributed by atoms with van der Waals surface area (Å²) in [4.78, 5) is 18.6. The molecule has 3 aromatic rings. The van der Waals surface area contributed by atoms with E-state index >= 15 is 0 Å². The van der Waals surface area contributed by atoms with Crippen LogP contribution < -0.4 is 4.90 Å². The Labute approximate surface area is 190 Å². The van der Waals surface area contributed by atoms with Gasteiger partial charge in [-0.2, -0.15) is 0 Å². The molecule has 2 fully saturated rings. The lowest BCUT2D eigenvalue weighted by Gasteiger charge is -2.28. The van der Waals surface area contributed by atoms with E-state index in [4.69, 9.17) is 4.74 Å². The van der Waals surface area contributed by atoms with Crippen molar-refractivity contribution >= 4 is 35.0 Å². The summed E-state index contributed by atoms with van der Waals surface area (Å²) >= 11 is 3.20. The molecule has 4 heterocycles. The highest BCUT2D eigenvalue weighted by molar-refractivity contribution is 7.99. The lowest BCUT2D eigenvalue weighted by molar-refractivity contribution is -0.129. The molecule has 31 heavy (non-hydrogen) atoms. The first kappa shape index (κ1) is 20.5. The largest absolute Gasteiger partial charge is 0.378 e. The molecule has 0 radical (unpaired) electrons. The number of hydrogen-bond donors (Lipinski definition) is 0. The Morgan fingerprint density at radius 2 is 1.94 bits per heavy atom. The topological polar surface area (TPSA) is 63.5 Å². The average Bonchev–Trinajstić information content (AvgIpc) is 3.59. The Balaban J connectivity index is 1.35. The van der Waals surface area contributed by atoms with E-state index in [1.165, 1.54) is 16.6 Å². The van der Waals surface area contributed by atoms with E-state index in [9.17, 15) is 4.79 Å². The summed E-state index contributed by atoms with van der Waals surface area (Å²) in [7, 11) is 0. The maximum atomic E-state index is 13.1. The minimum Gasteiger partial charge on any atom is -0.378 e. The van der Waals surface area contributed by atoms with Crippen LogP contribution >= 0.6 is 23.1 Å². The average molecular weight is 456 g/mol. The van der Waals surface area contributed by atoms with Gasteiger partial charge in [0.25, 0.3) is 0 Å². The van der Waals surface area contributed by atoms with E-state index in [-0.39, 0.29) is 11.9 Å². The van der Waals surface area contributed by atoms with Crippen LogP contribution in [0.3, 0.4) is 0 Å². The summed E-state index contributed by atoms with van der Waals surface area (Å²) in [5.74, 6) is 1.33. The molecular weight excluding hydrogens is 430 g/mol. The van der Waals surface area contributed by atoms with Crippen molar-refractivity contribution in [3.8, 4) is 5.69 Å². The smallest absolute Gasteiger partial charge is 0.233 e. The molecule has 1 unspecified atom stereocenters. The van der Waals surface area contributed by atoms with Crippen LogP contribution in [0.2, 0.25) is 0 Å². The predicted molar refractivity (Wildman–Crippen MR) is 123 cm³/mol. The van der Waals surface area contributed by atoms with E-state index < -0.39 is 0 Å². The molecule has 2 aliphatic heterocycles. The highest BCUT2D eigenvalue weighted by Gasteiger charge is 2.31. The first-order valence-electron chi connectivity index (χ1n) is 10.6. The van der Waals surface area contributed by atoms with Crippen LogP contribution in [0, 0.1) is 0 Å². The molecule has 1 atom stereocenters. The molecule has 9 heteroatoms. The third-order valence-electron chi connectivity index (χ3n) is 5.69. The fourth-order valence-electron chi connectivity index (χ4n) is 4.18. The van der Waals surface area contributed by atoms with Crippen LogP contribution in [0.4, 0.5) is 5.95 Å². The zero-order chi connectivity index (χ0) is 21.0. The van der Waals surface area contributed by atoms with E-state index in [2.05, 4.69) is 37.2 Å². The Kier molecular flexibility index (Phi) is 6.24. The number of rotatable bonds is 6. The number of anilines is 1. The van der Waals surface area contributed by atoms with Gasteiger partial charge in [0.15, 0.2) is 5.16 Å². The lowest BCUT2D eigenvalue weighted by atomic mass is 10.2. The van der Waals surface area contributed by atoms with Gasteiger partial charge in [-0.15, -0.1) is 21.5 Å². The zero-order valence-corrected chi connectivity index (χ0v) is 18.9. The first-order chi connectivity index (χ1) is 15.3. The molecule has 1 aromatic carbocycles. The third kappa shape index (κ3) is 4.35. The number of aromatic nitrogens is 3. The second kappa shape index (κ2) is 9.42. The summed E-state index contributed by atoms with van der Waals surface area (Å²) in [5, 5.41) is 11.8. The molecule has 0 aliphatic carbocycles. The molecule has 0 bridgehead atoms. The predicted octanol–water partition coefficient (Wildman–Crippen LogP) is 3.62. The maximum Gasteiger partial charge on any atom is 0.233 e. The van der Waals surface area contributed by atoms with E-state index in [1.54, 1.807) is 11.3 Å². The number of morpholine rings is 1. The number of benzene rings is 1. The Morgan fingerprint density at radius 1 is 1.10 bits per heavy atom. The number of para-hydroxylation sites is 1. The molecular formula is C22H25N5O2S2. The number of ether oxygens (including phenoxy) is 1. The lowest BCUT2D eigenvalue weighted by Crippen LogP contribution is -2.37. The van der Waals surface area contributed by atoms with Crippen LogP contribution in [-0.4, -0.2) is 64.2 Å². The molecule has 7 nitrogen and oxygen atoms in total. The first-order valence-corrected chi connectivity index (χ1v) is 12.5. The molecule has 0 N–H and O–H groups in total. The second-order valence-electron chi connectivity index (χ2n) is 7.60. The monoisotopic (exact) mass is 455 g/mol. The van der Waals surface area contributed by atoms with Crippen LogP contribution in [-0.2, 0) is 9.53 Å². The zero-order valence-electron chi connectivity index (χ0n) is 17.2. The highest BCUT2D eigenvalue weighted by Crippen LogP contribution is 2.35. The van der Waals surface area contributed by atoms with Crippen LogP contribution in [0.15, 0.2) is 53.0 Å². The van der Waals surface area contributed by atoms with Gasteiger partial charge in [0.2, 0.25) is 11.9 Å². The van der Waals surface area contributed by atoms with E-state index in [0.29, 0.717) is 19.0 Å². The third-order valence-corrected chi connectivity index (χ3v) is 7.58. The number of likely N-dealkylation sites (tertiary alicyclic amines) is 1. The van der Waals surface area contributed by atoms with Gasteiger partial charge < -0.3 is 14.5 Å². The number of thioether (sulfide) groups is 1. The van der Waals surface area contributed by atoms with Gasteiger partial charge in [0.1, 0.15) is 0 Å². The molecule has 2 aromatic heterocycles. The number of thiophene rings is 1. The van der Waals surface area contributed by atoms with Gasteiger partial charge in [0.05, 0.1) is 30.7 Å². The summed E-state index contributed by atoms with van der Waals surface area (Å²) in [6.45, 7) is 3.76. The highest BCUT2D eigenvalue weighted by atomic mass is 32.2. The standard InChI is InChI=1S/C22H25N5O2S2/c28-20(26-10-4-8-18(26)19-9-5-15-30-19)16-31-22-24-23-21(25-11-13-29-14-12-25)27(22)17-6-2-1-3-7-17/h1-3,5-7,9,15,18H,4,8,10-14,16H2. The summed E-state index contributed by atoms with van der Waals surface area (Å²) in [5.41, 5.74) is 1.00. The van der Waals surface area contributed by atoms with Crippen LogP contribution in [0.5, 0.6) is 0 Å². The minimum atomic E-state index is 0.163. The molecule has 2 saturated heterocycles. The second-order valence-corrected chi connectivity index (χ2v) is 9.52. The van der Waals surface area contributed by atoms with Crippen molar-refractivity contribution < 1.29 is 9.53 Å². The summed E-state index contributed by atoms with van der Waals surface area (Å²) < 4.78 is 7.56. The van der Waals surface area contributed by atoms with Crippen molar-refractivity contribution in [3.05, 3.63) is 52.7 Å². The van der Waals surface area contributed by atoms with Gasteiger partial charge in [-0.25, -0.2) is 0 Å². The van der Waals surface area contributed by atoms with Crippen molar-refractivity contribution in [3.63, 3.8) is 0 Å². The normalized spacial score (nSPS) is 19.2. The van der Waals surface area contributed by atoms with Crippen molar-refractivity contribution in [2.45, 2.75) is 24.0 Å². The fraction of sp³-hybridized carbons (Fsp3) is 0.409. The van der Waals surface area contributed by atoms with Crippen LogP contribution in [0.1, 0.15) is 23.8 Å². The maximum absolute atomic E-state index is 13.1. The molecule has 5 rings (SSSR count). The van der Waals surface area contributed by atoms with Gasteiger partial charge in [-0.3, -0.25) is 9.36 Å². The molecule has 0 spiro atoms. The van der Waals surface area contributed by atoms with E-state index in [1.807, 2.05) is 35.2 Å². The number of hydrogen-bond acceptors (Lipinski definition) is 7. The van der Waals surface area contributed by atoms with Crippen molar-refractivity contribution in [1.29, 1.82) is 0 Å².